The highest BCUT2D eigenvalue weighted by Gasteiger charge is 2.14. The largest absolute Gasteiger partial charge is 0.337 e. The van der Waals surface area contributed by atoms with Crippen LogP contribution in [0, 0.1) is 6.92 Å². The van der Waals surface area contributed by atoms with Crippen LogP contribution in [-0.2, 0) is 0 Å². The van der Waals surface area contributed by atoms with Gasteiger partial charge >= 0.3 is 0 Å². The molecule has 0 aliphatic rings. The summed E-state index contributed by atoms with van der Waals surface area (Å²) in [6, 6.07) is 3.93. The summed E-state index contributed by atoms with van der Waals surface area (Å²) in [5, 5.41) is 7.16. The molecule has 0 bridgehead atoms. The van der Waals surface area contributed by atoms with E-state index < -0.39 is 0 Å². The van der Waals surface area contributed by atoms with Gasteiger partial charge in [0.1, 0.15) is 5.69 Å². The van der Waals surface area contributed by atoms with Gasteiger partial charge in [0.25, 0.3) is 0 Å². The van der Waals surface area contributed by atoms with E-state index in [4.69, 9.17) is 4.52 Å². The minimum Gasteiger partial charge on any atom is -0.337 e. The first-order valence-corrected chi connectivity index (χ1v) is 5.70. The van der Waals surface area contributed by atoms with Gasteiger partial charge in [-0.25, -0.2) is 0 Å². The second kappa shape index (κ2) is 5.05. The second-order valence-corrected chi connectivity index (χ2v) is 3.95. The molecule has 2 aromatic rings. The molecule has 2 rings (SSSR count). The summed E-state index contributed by atoms with van der Waals surface area (Å²) < 4.78 is 5.21. The van der Waals surface area contributed by atoms with E-state index in [9.17, 15) is 0 Å². The Morgan fingerprint density at radius 1 is 1.47 bits per heavy atom. The van der Waals surface area contributed by atoms with Gasteiger partial charge in [-0.3, -0.25) is 4.98 Å². The van der Waals surface area contributed by atoms with E-state index in [2.05, 4.69) is 20.4 Å². The zero-order valence-electron chi connectivity index (χ0n) is 10.3. The maximum Gasteiger partial charge on any atom is 0.243 e. The lowest BCUT2D eigenvalue weighted by Gasteiger charge is -2.04. The van der Waals surface area contributed by atoms with Crippen molar-refractivity contribution in [3.8, 4) is 11.5 Å². The average Bonchev–Trinajstić information content (AvgIpc) is 2.78. The minimum atomic E-state index is 0.0612. The van der Waals surface area contributed by atoms with E-state index in [1.807, 2.05) is 32.9 Å². The molecular formula is C12H16N4O. The van der Waals surface area contributed by atoms with Crippen molar-refractivity contribution in [2.45, 2.75) is 26.8 Å². The van der Waals surface area contributed by atoms with Crippen molar-refractivity contribution >= 4 is 0 Å². The summed E-state index contributed by atoms with van der Waals surface area (Å²) in [5.41, 5.74) is 1.87. The van der Waals surface area contributed by atoms with Crippen LogP contribution in [-0.4, -0.2) is 21.7 Å². The first-order chi connectivity index (χ1) is 8.20. The zero-order valence-corrected chi connectivity index (χ0v) is 10.3. The second-order valence-electron chi connectivity index (χ2n) is 3.95. The molecule has 5 nitrogen and oxygen atoms in total. The number of rotatable bonds is 4. The van der Waals surface area contributed by atoms with Crippen molar-refractivity contribution in [3.63, 3.8) is 0 Å². The number of pyridine rings is 1. The predicted octanol–water partition coefficient (Wildman–Crippen LogP) is 2.11. The van der Waals surface area contributed by atoms with Crippen LogP contribution in [0.2, 0.25) is 0 Å². The third kappa shape index (κ3) is 2.68. The molecule has 0 saturated carbocycles. The smallest absolute Gasteiger partial charge is 0.243 e. The van der Waals surface area contributed by atoms with Gasteiger partial charge in [0.2, 0.25) is 11.7 Å². The van der Waals surface area contributed by atoms with Crippen molar-refractivity contribution in [1.82, 2.24) is 20.4 Å². The molecule has 0 amide bonds. The summed E-state index contributed by atoms with van der Waals surface area (Å²) in [5.74, 6) is 1.12. The Hall–Kier alpha value is -1.75. The van der Waals surface area contributed by atoms with Gasteiger partial charge in [-0.15, -0.1) is 0 Å². The fourth-order valence-electron chi connectivity index (χ4n) is 1.57. The van der Waals surface area contributed by atoms with Gasteiger partial charge in [0.15, 0.2) is 0 Å². The molecule has 0 saturated heterocycles. The Bertz CT molecular complexity index is 495. The van der Waals surface area contributed by atoms with E-state index in [-0.39, 0.29) is 6.04 Å². The first-order valence-electron chi connectivity index (χ1n) is 5.70. The lowest BCUT2D eigenvalue weighted by Crippen LogP contribution is -2.17. The normalized spacial score (nSPS) is 12.6. The molecule has 1 atom stereocenters. The molecule has 2 heterocycles. The third-order valence-electron chi connectivity index (χ3n) is 2.47. The molecular weight excluding hydrogens is 216 g/mol. The minimum absolute atomic E-state index is 0.0612. The highest BCUT2D eigenvalue weighted by molar-refractivity contribution is 5.48. The lowest BCUT2D eigenvalue weighted by molar-refractivity contribution is 0.342. The van der Waals surface area contributed by atoms with Crippen LogP contribution in [0.1, 0.15) is 31.3 Å². The van der Waals surface area contributed by atoms with Crippen LogP contribution in [0.25, 0.3) is 11.5 Å². The molecule has 5 heteroatoms. The summed E-state index contributed by atoms with van der Waals surface area (Å²) >= 11 is 0. The van der Waals surface area contributed by atoms with Crippen molar-refractivity contribution in [3.05, 3.63) is 29.8 Å². The lowest BCUT2D eigenvalue weighted by atomic mass is 10.2. The molecule has 2 aromatic heterocycles. The number of hydrogen-bond donors (Lipinski definition) is 1. The highest BCUT2D eigenvalue weighted by Crippen LogP contribution is 2.17. The van der Waals surface area contributed by atoms with Crippen LogP contribution in [0.3, 0.4) is 0 Å². The number of aryl methyl sites for hydroxylation is 1. The summed E-state index contributed by atoms with van der Waals surface area (Å²) in [7, 11) is 0. The standard InChI is InChI=1S/C12H16N4O/c1-4-13-9(3)12-15-11(16-17-12)10-7-8(2)5-6-14-10/h5-7,9,13H,4H2,1-3H3. The van der Waals surface area contributed by atoms with E-state index in [1.54, 1.807) is 6.20 Å². The fourth-order valence-corrected chi connectivity index (χ4v) is 1.57. The number of nitrogens with zero attached hydrogens (tertiary/aromatic N) is 3. The molecule has 0 radical (unpaired) electrons. The Labute approximate surface area is 100 Å². The van der Waals surface area contributed by atoms with Crippen molar-refractivity contribution in [2.24, 2.45) is 0 Å². The van der Waals surface area contributed by atoms with Gasteiger partial charge in [0.05, 0.1) is 6.04 Å². The first kappa shape index (κ1) is 11.7. The van der Waals surface area contributed by atoms with Crippen molar-refractivity contribution in [2.75, 3.05) is 6.54 Å². The Kier molecular flexibility index (Phi) is 3.49. The molecule has 0 fully saturated rings. The fraction of sp³-hybridized carbons (Fsp3) is 0.417. The van der Waals surface area contributed by atoms with Gasteiger partial charge in [-0.2, -0.15) is 4.98 Å². The van der Waals surface area contributed by atoms with Crippen LogP contribution in [0.5, 0.6) is 0 Å². The molecule has 0 aliphatic heterocycles. The van der Waals surface area contributed by atoms with Gasteiger partial charge < -0.3 is 9.84 Å². The molecule has 1 N–H and O–H groups in total. The number of nitrogens with one attached hydrogen (secondary N) is 1. The molecule has 1 unspecified atom stereocenters. The quantitative estimate of drug-likeness (QED) is 0.874. The SMILES string of the molecule is CCNC(C)c1nc(-c2cc(C)ccn2)no1. The van der Waals surface area contributed by atoms with Crippen LogP contribution in [0.15, 0.2) is 22.9 Å². The number of aromatic nitrogens is 3. The van der Waals surface area contributed by atoms with Crippen LogP contribution < -0.4 is 5.32 Å². The number of hydrogen-bond acceptors (Lipinski definition) is 5. The molecule has 17 heavy (non-hydrogen) atoms. The maximum atomic E-state index is 5.21. The third-order valence-corrected chi connectivity index (χ3v) is 2.47. The molecule has 0 aromatic carbocycles. The molecule has 90 valence electrons. The maximum absolute atomic E-state index is 5.21. The van der Waals surface area contributed by atoms with Crippen LogP contribution in [0.4, 0.5) is 0 Å². The van der Waals surface area contributed by atoms with Crippen LogP contribution >= 0.6 is 0 Å². The highest BCUT2D eigenvalue weighted by atomic mass is 16.5. The van der Waals surface area contributed by atoms with Gasteiger partial charge in [-0.05, 0) is 38.1 Å². The summed E-state index contributed by atoms with van der Waals surface area (Å²) in [4.78, 5) is 8.56. The van der Waals surface area contributed by atoms with E-state index in [1.165, 1.54) is 0 Å². The summed E-state index contributed by atoms with van der Waals surface area (Å²) in [6.45, 7) is 6.90. The molecule has 0 aliphatic carbocycles. The van der Waals surface area contributed by atoms with E-state index in [0.717, 1.165) is 17.8 Å². The Morgan fingerprint density at radius 2 is 2.29 bits per heavy atom. The van der Waals surface area contributed by atoms with Crippen molar-refractivity contribution < 1.29 is 4.52 Å². The van der Waals surface area contributed by atoms with E-state index in [0.29, 0.717) is 11.7 Å². The Morgan fingerprint density at radius 3 is 3.00 bits per heavy atom. The predicted molar refractivity (Wildman–Crippen MR) is 64.4 cm³/mol. The van der Waals surface area contributed by atoms with Gasteiger partial charge in [0, 0.05) is 6.20 Å². The van der Waals surface area contributed by atoms with E-state index >= 15 is 0 Å². The Balaban J connectivity index is 2.23. The summed E-state index contributed by atoms with van der Waals surface area (Å²) in [6.07, 6.45) is 1.74. The topological polar surface area (TPSA) is 63.8 Å². The molecule has 0 spiro atoms. The van der Waals surface area contributed by atoms with Gasteiger partial charge in [-0.1, -0.05) is 12.1 Å². The average molecular weight is 232 g/mol. The zero-order chi connectivity index (χ0) is 12.3. The van der Waals surface area contributed by atoms with Crippen molar-refractivity contribution in [1.29, 1.82) is 0 Å². The monoisotopic (exact) mass is 232 g/mol.